The third-order valence-electron chi connectivity index (χ3n) is 4.80. The lowest BCUT2D eigenvalue weighted by Gasteiger charge is -2.29. The maximum Gasteiger partial charge on any atom is 0.352 e. The van der Waals surface area contributed by atoms with Crippen molar-refractivity contribution < 1.29 is 9.90 Å². The molecule has 23 heavy (non-hydrogen) atoms. The van der Waals surface area contributed by atoms with E-state index in [-0.39, 0.29) is 5.69 Å². The molecule has 6 heteroatoms. The minimum Gasteiger partial charge on any atom is -0.477 e. The molecule has 0 aliphatic heterocycles. The number of carbonyl (C=O) groups is 1. The molecule has 2 N–H and O–H groups in total. The lowest BCUT2D eigenvalue weighted by atomic mass is 9.86. The number of aromatic carboxylic acids is 1. The average molecular weight is 316 g/mol. The van der Waals surface area contributed by atoms with Gasteiger partial charge >= 0.3 is 5.97 Å². The number of hydrogen-bond donors (Lipinski definition) is 2. The van der Waals surface area contributed by atoms with Gasteiger partial charge < -0.3 is 15.0 Å². The third kappa shape index (κ3) is 3.02. The fourth-order valence-electron chi connectivity index (χ4n) is 3.22. The summed E-state index contributed by atoms with van der Waals surface area (Å²) in [5, 5.41) is 9.17. The molecule has 1 saturated carbocycles. The van der Waals surface area contributed by atoms with Crippen molar-refractivity contribution in [3.05, 3.63) is 17.5 Å². The molecule has 0 spiro atoms. The zero-order valence-electron chi connectivity index (χ0n) is 14.0. The predicted molar refractivity (Wildman–Crippen MR) is 90.2 cm³/mol. The van der Waals surface area contributed by atoms with Crippen LogP contribution in [0.1, 0.15) is 68.1 Å². The summed E-state index contributed by atoms with van der Waals surface area (Å²) in [4.78, 5) is 25.7. The Morgan fingerprint density at radius 2 is 2.00 bits per heavy atom. The Bertz CT molecular complexity index is 717. The van der Waals surface area contributed by atoms with Crippen LogP contribution in [-0.2, 0) is 0 Å². The Morgan fingerprint density at radius 1 is 1.30 bits per heavy atom. The van der Waals surface area contributed by atoms with Crippen LogP contribution in [0, 0.1) is 0 Å². The van der Waals surface area contributed by atoms with Gasteiger partial charge in [-0.3, -0.25) is 0 Å². The first-order valence-corrected chi connectivity index (χ1v) is 8.34. The van der Waals surface area contributed by atoms with Crippen molar-refractivity contribution in [3.63, 3.8) is 0 Å². The highest BCUT2D eigenvalue weighted by Gasteiger charge is 2.25. The molecule has 2 heterocycles. The number of rotatable bonds is 4. The fraction of sp³-hybridized carbons (Fsp3) is 0.588. The fourth-order valence-corrected chi connectivity index (χ4v) is 3.22. The van der Waals surface area contributed by atoms with Gasteiger partial charge in [0.1, 0.15) is 11.2 Å². The molecule has 1 aliphatic carbocycles. The van der Waals surface area contributed by atoms with Gasteiger partial charge in [0.15, 0.2) is 11.5 Å². The van der Waals surface area contributed by atoms with E-state index in [2.05, 4.69) is 23.7 Å². The van der Waals surface area contributed by atoms with E-state index in [9.17, 15) is 9.90 Å². The van der Waals surface area contributed by atoms with Crippen LogP contribution >= 0.6 is 0 Å². The van der Waals surface area contributed by atoms with Gasteiger partial charge in [0.05, 0.1) is 5.69 Å². The monoisotopic (exact) mass is 316 g/mol. The first kappa shape index (κ1) is 15.8. The quantitative estimate of drug-likeness (QED) is 0.901. The Hall–Kier alpha value is -2.11. The summed E-state index contributed by atoms with van der Waals surface area (Å²) >= 11 is 0. The summed E-state index contributed by atoms with van der Waals surface area (Å²) in [7, 11) is 2.02. The number of carboxylic acid groups (broad SMARTS) is 1. The van der Waals surface area contributed by atoms with Crippen molar-refractivity contribution in [3.8, 4) is 0 Å². The minimum atomic E-state index is -0.984. The van der Waals surface area contributed by atoms with Gasteiger partial charge in [-0.1, -0.05) is 19.3 Å². The minimum absolute atomic E-state index is 0.138. The van der Waals surface area contributed by atoms with E-state index in [0.717, 1.165) is 24.4 Å². The lowest BCUT2D eigenvalue weighted by molar-refractivity contribution is 0.0691. The second-order valence-electron chi connectivity index (χ2n) is 6.69. The Labute approximate surface area is 135 Å². The van der Waals surface area contributed by atoms with E-state index in [1.807, 2.05) is 7.05 Å². The Kier molecular flexibility index (Phi) is 4.24. The van der Waals surface area contributed by atoms with Gasteiger partial charge in [-0.25, -0.2) is 14.8 Å². The Balaban J connectivity index is 2.12. The number of H-pyrrole nitrogens is 1. The van der Waals surface area contributed by atoms with Crippen molar-refractivity contribution >= 4 is 23.0 Å². The van der Waals surface area contributed by atoms with Crippen LogP contribution in [0.5, 0.6) is 0 Å². The molecule has 0 amide bonds. The van der Waals surface area contributed by atoms with Gasteiger partial charge in [-0.2, -0.15) is 0 Å². The molecule has 2 aromatic heterocycles. The van der Waals surface area contributed by atoms with Crippen LogP contribution in [0.4, 0.5) is 5.82 Å². The molecule has 6 nitrogen and oxygen atoms in total. The smallest absolute Gasteiger partial charge is 0.352 e. The highest BCUT2D eigenvalue weighted by atomic mass is 16.4. The average Bonchev–Trinajstić information content (AvgIpc) is 2.97. The summed E-state index contributed by atoms with van der Waals surface area (Å²) in [6.45, 7) is 4.24. The molecule has 0 saturated heterocycles. The first-order chi connectivity index (χ1) is 11.0. The van der Waals surface area contributed by atoms with Gasteiger partial charge in [-0.05, 0) is 32.8 Å². The van der Waals surface area contributed by atoms with E-state index in [0.29, 0.717) is 23.1 Å². The molecule has 0 atom stereocenters. The SMILES string of the molecule is CC(C)N(C)c1nc2[nH]c(C(=O)O)cc2nc1C1CCCCC1. The highest BCUT2D eigenvalue weighted by Crippen LogP contribution is 2.36. The molecule has 1 fully saturated rings. The van der Waals surface area contributed by atoms with Gasteiger partial charge in [0.25, 0.3) is 0 Å². The number of nitrogens with one attached hydrogen (secondary N) is 1. The predicted octanol–water partition coefficient (Wildman–Crippen LogP) is 3.55. The molecule has 2 aromatic rings. The molecular formula is C17H24N4O2. The van der Waals surface area contributed by atoms with Crippen LogP contribution in [-0.4, -0.2) is 39.1 Å². The van der Waals surface area contributed by atoms with Crippen LogP contribution in [0.3, 0.4) is 0 Å². The summed E-state index contributed by atoms with van der Waals surface area (Å²) in [5.74, 6) is 0.306. The number of hydrogen-bond acceptors (Lipinski definition) is 4. The van der Waals surface area contributed by atoms with Crippen molar-refractivity contribution in [1.29, 1.82) is 0 Å². The Morgan fingerprint density at radius 3 is 2.61 bits per heavy atom. The highest BCUT2D eigenvalue weighted by molar-refractivity contribution is 5.91. The van der Waals surface area contributed by atoms with Crippen LogP contribution in [0.2, 0.25) is 0 Å². The zero-order valence-corrected chi connectivity index (χ0v) is 14.0. The maximum atomic E-state index is 11.2. The van der Waals surface area contributed by atoms with Gasteiger partial charge in [-0.15, -0.1) is 0 Å². The molecule has 0 aromatic carbocycles. The second kappa shape index (κ2) is 6.18. The van der Waals surface area contributed by atoms with E-state index < -0.39 is 5.97 Å². The molecule has 3 rings (SSSR count). The van der Waals surface area contributed by atoms with Crippen molar-refractivity contribution in [2.75, 3.05) is 11.9 Å². The van der Waals surface area contributed by atoms with Crippen molar-refractivity contribution in [2.45, 2.75) is 57.9 Å². The van der Waals surface area contributed by atoms with Crippen molar-refractivity contribution in [1.82, 2.24) is 15.0 Å². The summed E-state index contributed by atoms with van der Waals surface area (Å²) in [5.41, 5.74) is 2.34. The van der Waals surface area contributed by atoms with E-state index in [1.54, 1.807) is 6.07 Å². The van der Waals surface area contributed by atoms with Gasteiger partial charge in [0, 0.05) is 19.0 Å². The number of aromatic nitrogens is 3. The summed E-state index contributed by atoms with van der Waals surface area (Å²) in [6.07, 6.45) is 6.00. The lowest BCUT2D eigenvalue weighted by Crippen LogP contribution is -2.29. The molecule has 0 bridgehead atoms. The zero-order chi connectivity index (χ0) is 16.6. The number of fused-ring (bicyclic) bond motifs is 1. The summed E-state index contributed by atoms with van der Waals surface area (Å²) < 4.78 is 0. The standard InChI is InChI=1S/C17H24N4O2/c1-10(2)21(3)16-14(11-7-5-4-6-8-11)18-12-9-13(17(22)23)19-15(12)20-16/h9-11H,4-8H2,1-3H3,(H,19,20)(H,22,23). The number of nitrogens with zero attached hydrogens (tertiary/aromatic N) is 3. The molecule has 124 valence electrons. The first-order valence-electron chi connectivity index (χ1n) is 8.34. The maximum absolute atomic E-state index is 11.2. The summed E-state index contributed by atoms with van der Waals surface area (Å²) in [6, 6.07) is 1.88. The largest absolute Gasteiger partial charge is 0.477 e. The third-order valence-corrected chi connectivity index (χ3v) is 4.80. The van der Waals surface area contributed by atoms with Crippen LogP contribution < -0.4 is 4.90 Å². The topological polar surface area (TPSA) is 82.1 Å². The second-order valence-corrected chi connectivity index (χ2v) is 6.69. The number of carboxylic acids is 1. The molecule has 0 radical (unpaired) electrons. The van der Waals surface area contributed by atoms with E-state index >= 15 is 0 Å². The van der Waals surface area contributed by atoms with E-state index in [4.69, 9.17) is 9.97 Å². The normalized spacial score (nSPS) is 16.2. The number of aromatic amines is 1. The van der Waals surface area contributed by atoms with E-state index in [1.165, 1.54) is 19.3 Å². The van der Waals surface area contributed by atoms with Crippen molar-refractivity contribution in [2.24, 2.45) is 0 Å². The molecular weight excluding hydrogens is 292 g/mol. The molecule has 0 unspecified atom stereocenters. The van der Waals surface area contributed by atoms with Crippen LogP contribution in [0.15, 0.2) is 6.07 Å². The number of anilines is 1. The van der Waals surface area contributed by atoms with Gasteiger partial charge in [0.2, 0.25) is 0 Å². The van der Waals surface area contributed by atoms with Crippen LogP contribution in [0.25, 0.3) is 11.2 Å². The molecule has 1 aliphatic rings.